The molecule has 0 bridgehead atoms. The van der Waals surface area contributed by atoms with Crippen LogP contribution in [0.15, 0.2) is 64.5 Å². The van der Waals surface area contributed by atoms with Gasteiger partial charge in [0.15, 0.2) is 5.16 Å². The third kappa shape index (κ3) is 5.02. The lowest BCUT2D eigenvalue weighted by Gasteiger charge is -2.07. The summed E-state index contributed by atoms with van der Waals surface area (Å²) in [6.07, 6.45) is 0. The number of aromatic nitrogens is 2. The lowest BCUT2D eigenvalue weighted by molar-refractivity contribution is -0.113. The number of hydrogen-bond donors (Lipinski definition) is 3. The molecule has 3 rings (SSSR count). The molecule has 9 heteroatoms. The molecule has 29 heavy (non-hydrogen) atoms. The quantitative estimate of drug-likeness (QED) is 0.324. The van der Waals surface area contributed by atoms with Gasteiger partial charge in [-0.2, -0.15) is 4.98 Å². The first-order valence-electron chi connectivity index (χ1n) is 8.47. The van der Waals surface area contributed by atoms with Gasteiger partial charge in [0.25, 0.3) is 5.56 Å². The van der Waals surface area contributed by atoms with Gasteiger partial charge in [-0.15, -0.1) is 0 Å². The molecule has 8 nitrogen and oxygen atoms in total. The summed E-state index contributed by atoms with van der Waals surface area (Å²) >= 11 is 0.979. The van der Waals surface area contributed by atoms with E-state index in [0.29, 0.717) is 16.8 Å². The number of benzene rings is 2. The number of aromatic amines is 1. The molecule has 0 unspecified atom stereocenters. The van der Waals surface area contributed by atoms with Crippen molar-refractivity contribution in [1.29, 1.82) is 0 Å². The van der Waals surface area contributed by atoms with Gasteiger partial charge in [0.2, 0.25) is 11.8 Å². The molecule has 3 N–H and O–H groups in total. The second kappa shape index (κ2) is 9.07. The minimum atomic E-state index is -0.495. The van der Waals surface area contributed by atoms with E-state index in [0.717, 1.165) is 11.8 Å². The van der Waals surface area contributed by atoms with Crippen LogP contribution in [0.4, 0.5) is 5.69 Å². The molecule has 0 saturated carbocycles. The van der Waals surface area contributed by atoms with Crippen LogP contribution < -0.4 is 10.9 Å². The van der Waals surface area contributed by atoms with Crippen molar-refractivity contribution in [2.45, 2.75) is 5.16 Å². The lowest BCUT2D eigenvalue weighted by Crippen LogP contribution is -2.16. The Morgan fingerprint density at radius 2 is 1.83 bits per heavy atom. The Morgan fingerprint density at radius 1 is 1.14 bits per heavy atom. The number of methoxy groups -OCH3 is 1. The number of rotatable bonds is 6. The zero-order valence-electron chi connectivity index (χ0n) is 15.3. The highest BCUT2D eigenvalue weighted by molar-refractivity contribution is 7.99. The van der Waals surface area contributed by atoms with E-state index in [2.05, 4.69) is 20.0 Å². The first-order valence-corrected chi connectivity index (χ1v) is 9.46. The molecular formula is C20H17N3O5S. The Labute approximate surface area is 170 Å². The highest BCUT2D eigenvalue weighted by Gasteiger charge is 2.14. The summed E-state index contributed by atoms with van der Waals surface area (Å²) in [5, 5.41) is 12.9. The van der Waals surface area contributed by atoms with E-state index in [1.807, 2.05) is 0 Å². The van der Waals surface area contributed by atoms with Gasteiger partial charge in [-0.1, -0.05) is 42.1 Å². The SMILES string of the molecule is COC(=O)c1ccc(NC(=O)CSc2nc(O)c(-c3ccccc3)c(=O)[nH]2)cc1. The van der Waals surface area contributed by atoms with Crippen LogP contribution in [-0.2, 0) is 9.53 Å². The Bertz CT molecular complexity index is 1080. The van der Waals surface area contributed by atoms with Crippen molar-refractivity contribution in [3.63, 3.8) is 0 Å². The second-order valence-electron chi connectivity index (χ2n) is 5.84. The molecular weight excluding hydrogens is 394 g/mol. The summed E-state index contributed by atoms with van der Waals surface area (Å²) in [5.74, 6) is -1.24. The predicted molar refractivity (Wildman–Crippen MR) is 109 cm³/mol. The molecule has 0 radical (unpaired) electrons. The van der Waals surface area contributed by atoms with Gasteiger partial charge in [0.05, 0.1) is 18.4 Å². The van der Waals surface area contributed by atoms with Crippen molar-refractivity contribution < 1.29 is 19.4 Å². The Hall–Kier alpha value is -3.59. The molecule has 0 saturated heterocycles. The standard InChI is InChI=1S/C20H17N3O5S/c1-28-19(27)13-7-9-14(10-8-13)21-15(24)11-29-20-22-17(25)16(18(26)23-20)12-5-3-2-4-6-12/h2-10H,11H2,1H3,(H,21,24)(H2,22,23,25,26). The smallest absolute Gasteiger partial charge is 0.337 e. The average Bonchev–Trinajstić information content (AvgIpc) is 2.72. The Balaban J connectivity index is 1.63. The topological polar surface area (TPSA) is 121 Å². The van der Waals surface area contributed by atoms with Crippen LogP contribution >= 0.6 is 11.8 Å². The van der Waals surface area contributed by atoms with Crippen LogP contribution in [0.1, 0.15) is 10.4 Å². The third-order valence-corrected chi connectivity index (χ3v) is 4.74. The highest BCUT2D eigenvalue weighted by Crippen LogP contribution is 2.25. The number of thioether (sulfide) groups is 1. The average molecular weight is 411 g/mol. The number of amides is 1. The summed E-state index contributed by atoms with van der Waals surface area (Å²) in [6, 6.07) is 14.9. The number of carbonyl (C=O) groups excluding carboxylic acids is 2. The number of anilines is 1. The van der Waals surface area contributed by atoms with Crippen molar-refractivity contribution in [2.75, 3.05) is 18.2 Å². The summed E-state index contributed by atoms with van der Waals surface area (Å²) in [4.78, 5) is 42.3. The monoisotopic (exact) mass is 411 g/mol. The number of esters is 1. The molecule has 0 aliphatic rings. The Morgan fingerprint density at radius 3 is 2.45 bits per heavy atom. The normalized spacial score (nSPS) is 10.4. The molecule has 148 valence electrons. The molecule has 0 aliphatic heterocycles. The number of ether oxygens (including phenoxy) is 1. The largest absolute Gasteiger partial charge is 0.493 e. The van der Waals surface area contributed by atoms with Crippen molar-refractivity contribution in [3.8, 4) is 17.0 Å². The second-order valence-corrected chi connectivity index (χ2v) is 6.81. The van der Waals surface area contributed by atoms with Gasteiger partial charge in [0.1, 0.15) is 5.56 Å². The fourth-order valence-electron chi connectivity index (χ4n) is 2.51. The Kier molecular flexibility index (Phi) is 6.30. The predicted octanol–water partition coefficient (Wildman–Crippen LogP) is 2.66. The molecule has 0 atom stereocenters. The van der Waals surface area contributed by atoms with E-state index in [1.165, 1.54) is 19.2 Å². The molecule has 0 spiro atoms. The minimum Gasteiger partial charge on any atom is -0.493 e. The van der Waals surface area contributed by atoms with E-state index in [9.17, 15) is 19.5 Å². The summed E-state index contributed by atoms with van der Waals surface area (Å²) in [7, 11) is 1.29. The maximum atomic E-state index is 12.3. The maximum Gasteiger partial charge on any atom is 0.337 e. The van der Waals surface area contributed by atoms with Gasteiger partial charge >= 0.3 is 5.97 Å². The van der Waals surface area contributed by atoms with Gasteiger partial charge in [-0.05, 0) is 29.8 Å². The van der Waals surface area contributed by atoms with Crippen molar-refractivity contribution in [3.05, 3.63) is 70.5 Å². The van der Waals surface area contributed by atoms with E-state index in [4.69, 9.17) is 0 Å². The van der Waals surface area contributed by atoms with Gasteiger partial charge in [0, 0.05) is 5.69 Å². The molecule has 1 amide bonds. The minimum absolute atomic E-state index is 0.0359. The van der Waals surface area contributed by atoms with Gasteiger partial charge < -0.3 is 20.1 Å². The molecule has 1 heterocycles. The van der Waals surface area contributed by atoms with Crippen LogP contribution in [-0.4, -0.2) is 39.8 Å². The molecule has 1 aromatic heterocycles. The van der Waals surface area contributed by atoms with E-state index >= 15 is 0 Å². The van der Waals surface area contributed by atoms with Crippen molar-refractivity contribution in [1.82, 2.24) is 9.97 Å². The number of carbonyl (C=O) groups is 2. The molecule has 2 aromatic carbocycles. The number of aromatic hydroxyl groups is 1. The number of hydrogen-bond acceptors (Lipinski definition) is 7. The van der Waals surface area contributed by atoms with Gasteiger partial charge in [-0.3, -0.25) is 9.59 Å². The van der Waals surface area contributed by atoms with Crippen LogP contribution in [0.3, 0.4) is 0 Å². The summed E-state index contributed by atoms with van der Waals surface area (Å²) in [6.45, 7) is 0. The zero-order chi connectivity index (χ0) is 20.8. The molecule has 0 aliphatic carbocycles. The van der Waals surface area contributed by atoms with Gasteiger partial charge in [-0.25, -0.2) is 4.79 Å². The van der Waals surface area contributed by atoms with Crippen molar-refractivity contribution >= 4 is 29.3 Å². The van der Waals surface area contributed by atoms with Crippen LogP contribution in [0, 0.1) is 0 Å². The summed E-state index contributed by atoms with van der Waals surface area (Å²) < 4.78 is 4.61. The van der Waals surface area contributed by atoms with Crippen LogP contribution in [0.2, 0.25) is 0 Å². The maximum absolute atomic E-state index is 12.3. The van der Waals surface area contributed by atoms with Crippen molar-refractivity contribution in [2.24, 2.45) is 0 Å². The summed E-state index contributed by atoms with van der Waals surface area (Å²) in [5.41, 5.74) is 1.00. The first-order chi connectivity index (χ1) is 14.0. The van der Waals surface area contributed by atoms with E-state index < -0.39 is 17.4 Å². The highest BCUT2D eigenvalue weighted by atomic mass is 32.2. The zero-order valence-corrected chi connectivity index (χ0v) is 16.2. The van der Waals surface area contributed by atoms with Crippen LogP contribution in [0.25, 0.3) is 11.1 Å². The number of nitrogens with zero attached hydrogens (tertiary/aromatic N) is 1. The number of H-pyrrole nitrogens is 1. The van der Waals surface area contributed by atoms with E-state index in [1.54, 1.807) is 42.5 Å². The fraction of sp³-hybridized carbons (Fsp3) is 0.100. The lowest BCUT2D eigenvalue weighted by atomic mass is 10.1. The third-order valence-electron chi connectivity index (χ3n) is 3.87. The number of nitrogens with one attached hydrogen (secondary N) is 2. The van der Waals surface area contributed by atoms with Crippen LogP contribution in [0.5, 0.6) is 5.88 Å². The van der Waals surface area contributed by atoms with E-state index in [-0.39, 0.29) is 22.4 Å². The molecule has 3 aromatic rings. The molecule has 0 fully saturated rings. The first kappa shape index (κ1) is 20.2. The fourth-order valence-corrected chi connectivity index (χ4v) is 3.17.